The summed E-state index contributed by atoms with van der Waals surface area (Å²) in [6.45, 7) is 2.65. The quantitative estimate of drug-likeness (QED) is 0.377. The van der Waals surface area contributed by atoms with Gasteiger partial charge in [0, 0.05) is 13.6 Å². The molecule has 0 saturated carbocycles. The minimum Gasteiger partial charge on any atom is -0.334 e. The Morgan fingerprint density at radius 1 is 1.11 bits per heavy atom. The zero-order chi connectivity index (χ0) is 19.7. The first-order valence-electron chi connectivity index (χ1n) is 8.37. The lowest BCUT2D eigenvalue weighted by molar-refractivity contribution is 0.0773. The molecule has 0 aliphatic heterocycles. The summed E-state index contributed by atoms with van der Waals surface area (Å²) in [7, 11) is 1.36. The average molecular weight is 379 g/mol. The smallest absolute Gasteiger partial charge is 0.257 e. The Morgan fingerprint density at radius 3 is 2.52 bits per heavy atom. The third kappa shape index (κ3) is 3.39. The number of rotatable bonds is 5. The Labute approximate surface area is 153 Å². The van der Waals surface area contributed by atoms with Gasteiger partial charge in [0.2, 0.25) is 0 Å². The Balaban J connectivity index is 1.94. The van der Waals surface area contributed by atoms with Crippen molar-refractivity contribution in [1.29, 1.82) is 0 Å². The van der Waals surface area contributed by atoms with Gasteiger partial charge in [-0.1, -0.05) is 19.1 Å². The van der Waals surface area contributed by atoms with Crippen molar-refractivity contribution in [3.63, 3.8) is 0 Å². The third-order valence-electron chi connectivity index (χ3n) is 4.24. The highest BCUT2D eigenvalue weighted by atomic mass is 19.2. The molecule has 0 spiro atoms. The minimum atomic E-state index is -2.01. The number of imidazole rings is 1. The number of hydrogen-bond donors (Lipinski definition) is 0. The molecule has 1 heterocycles. The predicted octanol–water partition coefficient (Wildman–Crippen LogP) is 4.27. The van der Waals surface area contributed by atoms with E-state index in [4.69, 9.17) is 0 Å². The summed E-state index contributed by atoms with van der Waals surface area (Å²) in [5, 5.41) is 0. The van der Waals surface area contributed by atoms with Gasteiger partial charge in [-0.3, -0.25) is 4.79 Å². The summed E-state index contributed by atoms with van der Waals surface area (Å²) in [5.41, 5.74) is 0.763. The second kappa shape index (κ2) is 7.38. The number of hydrogen-bond acceptors (Lipinski definition) is 2. The van der Waals surface area contributed by atoms with E-state index in [1.165, 1.54) is 7.05 Å². The second-order valence-electron chi connectivity index (χ2n) is 6.18. The van der Waals surface area contributed by atoms with E-state index in [9.17, 15) is 22.4 Å². The van der Waals surface area contributed by atoms with Crippen molar-refractivity contribution in [1.82, 2.24) is 14.5 Å². The SMILES string of the molecule is CCCn1c(CN(C)C(=O)c2cc(F)c(F)c(F)c2F)nc2ccccc21. The molecule has 3 aromatic rings. The van der Waals surface area contributed by atoms with Crippen LogP contribution in [0.2, 0.25) is 0 Å². The molecule has 0 radical (unpaired) electrons. The molecule has 1 amide bonds. The molecule has 0 N–H and O–H groups in total. The van der Waals surface area contributed by atoms with Crippen LogP contribution in [-0.4, -0.2) is 27.4 Å². The van der Waals surface area contributed by atoms with E-state index >= 15 is 0 Å². The molecule has 142 valence electrons. The number of carbonyl (C=O) groups excluding carboxylic acids is 1. The molecule has 1 aromatic heterocycles. The zero-order valence-corrected chi connectivity index (χ0v) is 14.8. The summed E-state index contributed by atoms with van der Waals surface area (Å²) in [6.07, 6.45) is 0.827. The van der Waals surface area contributed by atoms with Crippen LogP contribution in [0.5, 0.6) is 0 Å². The first kappa shape index (κ1) is 18.9. The number of fused-ring (bicyclic) bond motifs is 1. The molecule has 0 saturated heterocycles. The van der Waals surface area contributed by atoms with Gasteiger partial charge in [0.1, 0.15) is 5.82 Å². The molecule has 2 aromatic carbocycles. The summed E-state index contributed by atoms with van der Waals surface area (Å²) < 4.78 is 55.8. The van der Waals surface area contributed by atoms with E-state index in [0.717, 1.165) is 22.4 Å². The Morgan fingerprint density at radius 2 is 1.81 bits per heavy atom. The highest BCUT2D eigenvalue weighted by Crippen LogP contribution is 2.22. The van der Waals surface area contributed by atoms with Gasteiger partial charge in [-0.2, -0.15) is 0 Å². The van der Waals surface area contributed by atoms with E-state index in [-0.39, 0.29) is 6.54 Å². The Bertz CT molecular complexity index is 1020. The highest BCUT2D eigenvalue weighted by molar-refractivity contribution is 5.94. The predicted molar refractivity (Wildman–Crippen MR) is 92.1 cm³/mol. The van der Waals surface area contributed by atoms with Gasteiger partial charge in [0.25, 0.3) is 5.91 Å². The van der Waals surface area contributed by atoms with Crippen LogP contribution in [0.25, 0.3) is 11.0 Å². The van der Waals surface area contributed by atoms with Gasteiger partial charge in [-0.05, 0) is 24.6 Å². The standard InChI is InChI=1S/C19H17F4N3O/c1-3-8-26-14-7-5-4-6-13(14)24-15(26)10-25(2)19(27)11-9-12(20)17(22)18(23)16(11)21/h4-7,9H,3,8,10H2,1-2H3. The number of aromatic nitrogens is 2. The van der Waals surface area contributed by atoms with Crippen LogP contribution >= 0.6 is 0 Å². The minimum absolute atomic E-state index is 0.00638. The number of para-hydroxylation sites is 2. The van der Waals surface area contributed by atoms with E-state index < -0.39 is 34.7 Å². The van der Waals surface area contributed by atoms with E-state index in [2.05, 4.69) is 4.98 Å². The number of aryl methyl sites for hydroxylation is 1. The van der Waals surface area contributed by atoms with Gasteiger partial charge in [0.15, 0.2) is 23.3 Å². The average Bonchev–Trinajstić information content (AvgIpc) is 3.00. The first-order chi connectivity index (χ1) is 12.8. The lowest BCUT2D eigenvalue weighted by Crippen LogP contribution is -2.29. The monoisotopic (exact) mass is 379 g/mol. The number of amides is 1. The van der Waals surface area contributed by atoms with Crippen LogP contribution in [0.1, 0.15) is 29.5 Å². The van der Waals surface area contributed by atoms with Gasteiger partial charge in [-0.25, -0.2) is 22.5 Å². The summed E-state index contributed by atoms with van der Waals surface area (Å²) >= 11 is 0. The van der Waals surface area contributed by atoms with Crippen molar-refractivity contribution < 1.29 is 22.4 Å². The lowest BCUT2D eigenvalue weighted by atomic mass is 10.1. The maximum Gasteiger partial charge on any atom is 0.257 e. The molecule has 0 bridgehead atoms. The molecule has 27 heavy (non-hydrogen) atoms. The third-order valence-corrected chi connectivity index (χ3v) is 4.24. The fourth-order valence-electron chi connectivity index (χ4n) is 2.94. The van der Waals surface area contributed by atoms with E-state index in [1.54, 1.807) is 0 Å². The zero-order valence-electron chi connectivity index (χ0n) is 14.8. The lowest BCUT2D eigenvalue weighted by Gasteiger charge is -2.18. The van der Waals surface area contributed by atoms with Crippen molar-refractivity contribution in [3.8, 4) is 0 Å². The molecule has 4 nitrogen and oxygen atoms in total. The summed E-state index contributed by atoms with van der Waals surface area (Å²) in [6, 6.07) is 7.80. The van der Waals surface area contributed by atoms with Crippen LogP contribution in [0.3, 0.4) is 0 Å². The van der Waals surface area contributed by atoms with Crippen LogP contribution in [0.15, 0.2) is 30.3 Å². The van der Waals surface area contributed by atoms with Crippen LogP contribution < -0.4 is 0 Å². The molecule has 0 fully saturated rings. The fourth-order valence-corrected chi connectivity index (χ4v) is 2.94. The molecule has 8 heteroatoms. The van der Waals surface area contributed by atoms with Crippen molar-refractivity contribution in [2.45, 2.75) is 26.4 Å². The van der Waals surface area contributed by atoms with Crippen molar-refractivity contribution in [3.05, 3.63) is 65.0 Å². The van der Waals surface area contributed by atoms with Gasteiger partial charge in [-0.15, -0.1) is 0 Å². The molecule has 0 unspecified atom stereocenters. The number of halogens is 4. The molecule has 0 aliphatic rings. The van der Waals surface area contributed by atoms with Crippen LogP contribution in [0, 0.1) is 23.3 Å². The molecule has 0 aliphatic carbocycles. The van der Waals surface area contributed by atoms with Crippen molar-refractivity contribution >= 4 is 16.9 Å². The maximum absolute atomic E-state index is 13.9. The fraction of sp³-hybridized carbons (Fsp3) is 0.263. The topological polar surface area (TPSA) is 38.1 Å². The Hall–Kier alpha value is -2.90. The van der Waals surface area contributed by atoms with Gasteiger partial charge in [0.05, 0.1) is 23.1 Å². The molecular weight excluding hydrogens is 362 g/mol. The first-order valence-corrected chi connectivity index (χ1v) is 8.37. The van der Waals surface area contributed by atoms with E-state index in [1.807, 2.05) is 35.8 Å². The van der Waals surface area contributed by atoms with Gasteiger partial charge >= 0.3 is 0 Å². The highest BCUT2D eigenvalue weighted by Gasteiger charge is 2.25. The number of nitrogens with zero attached hydrogens (tertiary/aromatic N) is 3. The number of carbonyl (C=O) groups is 1. The van der Waals surface area contributed by atoms with Crippen LogP contribution in [0.4, 0.5) is 17.6 Å². The maximum atomic E-state index is 13.9. The van der Waals surface area contributed by atoms with Crippen LogP contribution in [-0.2, 0) is 13.1 Å². The summed E-state index contributed by atoms with van der Waals surface area (Å²) in [4.78, 5) is 18.0. The van der Waals surface area contributed by atoms with E-state index in [0.29, 0.717) is 18.4 Å². The molecule has 0 atom stereocenters. The largest absolute Gasteiger partial charge is 0.334 e. The second-order valence-corrected chi connectivity index (χ2v) is 6.18. The Kier molecular flexibility index (Phi) is 5.16. The normalized spacial score (nSPS) is 11.2. The molecule has 3 rings (SSSR count). The van der Waals surface area contributed by atoms with Crippen molar-refractivity contribution in [2.24, 2.45) is 0 Å². The molecular formula is C19H17F4N3O. The summed E-state index contributed by atoms with van der Waals surface area (Å²) in [5.74, 6) is -7.71. The van der Waals surface area contributed by atoms with Gasteiger partial charge < -0.3 is 9.47 Å². The van der Waals surface area contributed by atoms with Crippen molar-refractivity contribution in [2.75, 3.05) is 7.05 Å². The number of benzene rings is 2.